The number of nitrogens with zero attached hydrogens (tertiary/aromatic N) is 2. The van der Waals surface area contributed by atoms with Crippen LogP contribution >= 0.6 is 0 Å². The second-order valence-electron chi connectivity index (χ2n) is 6.41. The van der Waals surface area contributed by atoms with E-state index < -0.39 is 11.7 Å². The normalized spacial score (nSPS) is 12.2. The van der Waals surface area contributed by atoms with Crippen LogP contribution < -0.4 is 16.0 Å². The third-order valence-corrected chi connectivity index (χ3v) is 2.86. The zero-order valence-corrected chi connectivity index (χ0v) is 16.1. The van der Waals surface area contributed by atoms with Crippen molar-refractivity contribution in [2.75, 3.05) is 60.0 Å². The SMILES string of the molecule is CCNC(=NCCN(C)CCOC)NCCNC(=O)OC(C)(C)C. The highest BCUT2D eigenvalue weighted by Gasteiger charge is 2.15. The molecule has 0 spiro atoms. The van der Waals surface area contributed by atoms with E-state index in [4.69, 9.17) is 9.47 Å². The molecule has 0 bridgehead atoms. The molecule has 0 saturated carbocycles. The summed E-state index contributed by atoms with van der Waals surface area (Å²) in [5, 5.41) is 9.06. The van der Waals surface area contributed by atoms with Gasteiger partial charge < -0.3 is 30.3 Å². The van der Waals surface area contributed by atoms with Crippen LogP contribution in [0.4, 0.5) is 4.79 Å². The molecule has 0 aliphatic rings. The Hall–Kier alpha value is -1.54. The largest absolute Gasteiger partial charge is 0.444 e. The summed E-state index contributed by atoms with van der Waals surface area (Å²) in [5.41, 5.74) is -0.483. The summed E-state index contributed by atoms with van der Waals surface area (Å²) < 4.78 is 10.2. The molecule has 0 heterocycles. The first kappa shape index (κ1) is 22.5. The molecule has 0 rings (SSSR count). The Labute approximate surface area is 146 Å². The van der Waals surface area contributed by atoms with E-state index in [0.29, 0.717) is 19.6 Å². The standard InChI is InChI=1S/C16H35N5O3/c1-7-17-14(19-10-11-21(5)12-13-23-6)18-8-9-20-15(22)24-16(2,3)4/h7-13H2,1-6H3,(H,20,22)(H2,17,18,19). The van der Waals surface area contributed by atoms with Crippen molar-refractivity contribution in [3.63, 3.8) is 0 Å². The summed E-state index contributed by atoms with van der Waals surface area (Å²) in [7, 11) is 3.74. The van der Waals surface area contributed by atoms with E-state index in [1.807, 2.05) is 34.7 Å². The lowest BCUT2D eigenvalue weighted by atomic mass is 10.2. The number of hydrogen-bond acceptors (Lipinski definition) is 5. The number of amides is 1. The molecule has 0 aromatic rings. The van der Waals surface area contributed by atoms with Gasteiger partial charge >= 0.3 is 6.09 Å². The summed E-state index contributed by atoms with van der Waals surface area (Å²) in [6.07, 6.45) is -0.411. The van der Waals surface area contributed by atoms with E-state index in [9.17, 15) is 4.79 Å². The number of carbonyl (C=O) groups is 1. The van der Waals surface area contributed by atoms with Gasteiger partial charge in [0, 0.05) is 39.8 Å². The number of ether oxygens (including phenoxy) is 2. The van der Waals surface area contributed by atoms with Gasteiger partial charge in [-0.05, 0) is 34.7 Å². The van der Waals surface area contributed by atoms with Crippen LogP contribution in [0.15, 0.2) is 4.99 Å². The molecule has 0 aromatic carbocycles. The van der Waals surface area contributed by atoms with Crippen molar-refractivity contribution in [2.45, 2.75) is 33.3 Å². The fourth-order valence-corrected chi connectivity index (χ4v) is 1.69. The minimum absolute atomic E-state index is 0.411. The Balaban J connectivity index is 4.02. The minimum atomic E-state index is -0.483. The molecule has 0 unspecified atom stereocenters. The van der Waals surface area contributed by atoms with Crippen LogP contribution in [0.3, 0.4) is 0 Å². The Morgan fingerprint density at radius 1 is 1.12 bits per heavy atom. The molecule has 0 aliphatic carbocycles. The average molecular weight is 345 g/mol. The van der Waals surface area contributed by atoms with Gasteiger partial charge in [-0.2, -0.15) is 0 Å². The predicted octanol–water partition coefficient (Wildman–Crippen LogP) is 0.644. The van der Waals surface area contributed by atoms with Crippen molar-refractivity contribution >= 4 is 12.1 Å². The number of rotatable bonds is 10. The zero-order valence-electron chi connectivity index (χ0n) is 16.1. The number of aliphatic imine (C=N–C) groups is 1. The highest BCUT2D eigenvalue weighted by molar-refractivity contribution is 5.79. The van der Waals surface area contributed by atoms with Gasteiger partial charge in [-0.3, -0.25) is 4.99 Å². The lowest BCUT2D eigenvalue weighted by Gasteiger charge is -2.20. The van der Waals surface area contributed by atoms with Gasteiger partial charge in [0.25, 0.3) is 0 Å². The predicted molar refractivity (Wildman–Crippen MR) is 97.6 cm³/mol. The first-order chi connectivity index (χ1) is 11.3. The number of nitrogens with one attached hydrogen (secondary N) is 3. The zero-order chi connectivity index (χ0) is 18.4. The van der Waals surface area contributed by atoms with Crippen molar-refractivity contribution in [1.29, 1.82) is 0 Å². The quantitative estimate of drug-likeness (QED) is 0.306. The molecule has 142 valence electrons. The van der Waals surface area contributed by atoms with E-state index in [2.05, 4.69) is 25.8 Å². The van der Waals surface area contributed by atoms with Crippen LogP contribution in [0.25, 0.3) is 0 Å². The number of guanidine groups is 1. The van der Waals surface area contributed by atoms with Gasteiger partial charge in [0.15, 0.2) is 5.96 Å². The Morgan fingerprint density at radius 2 is 1.79 bits per heavy atom. The molecule has 0 aromatic heterocycles. The van der Waals surface area contributed by atoms with E-state index >= 15 is 0 Å². The van der Waals surface area contributed by atoms with Crippen LogP contribution in [-0.2, 0) is 9.47 Å². The fourth-order valence-electron chi connectivity index (χ4n) is 1.69. The van der Waals surface area contributed by atoms with Crippen molar-refractivity contribution in [1.82, 2.24) is 20.9 Å². The molecule has 0 aliphatic heterocycles. The molecule has 3 N–H and O–H groups in total. The lowest BCUT2D eigenvalue weighted by Crippen LogP contribution is -2.42. The summed E-state index contributed by atoms with van der Waals surface area (Å²) in [4.78, 5) is 18.2. The van der Waals surface area contributed by atoms with Crippen LogP contribution in [0.5, 0.6) is 0 Å². The maximum absolute atomic E-state index is 11.5. The van der Waals surface area contributed by atoms with Gasteiger partial charge in [-0.1, -0.05) is 0 Å². The van der Waals surface area contributed by atoms with Gasteiger partial charge in [0.05, 0.1) is 13.2 Å². The molecule has 8 heteroatoms. The second kappa shape index (κ2) is 12.8. The molecule has 0 fully saturated rings. The summed E-state index contributed by atoms with van der Waals surface area (Å²) >= 11 is 0. The maximum atomic E-state index is 11.5. The third-order valence-electron chi connectivity index (χ3n) is 2.86. The van der Waals surface area contributed by atoms with Crippen LogP contribution in [0.1, 0.15) is 27.7 Å². The van der Waals surface area contributed by atoms with E-state index in [1.165, 1.54) is 0 Å². The molecular weight excluding hydrogens is 310 g/mol. The second-order valence-corrected chi connectivity index (χ2v) is 6.41. The number of methoxy groups -OCH3 is 1. The topological polar surface area (TPSA) is 87.2 Å². The number of carbonyl (C=O) groups excluding carboxylic acids is 1. The number of hydrogen-bond donors (Lipinski definition) is 3. The fraction of sp³-hybridized carbons (Fsp3) is 0.875. The molecular formula is C16H35N5O3. The van der Waals surface area contributed by atoms with Crippen molar-refractivity contribution < 1.29 is 14.3 Å². The highest BCUT2D eigenvalue weighted by atomic mass is 16.6. The minimum Gasteiger partial charge on any atom is -0.444 e. The maximum Gasteiger partial charge on any atom is 0.407 e. The highest BCUT2D eigenvalue weighted by Crippen LogP contribution is 2.05. The monoisotopic (exact) mass is 345 g/mol. The Morgan fingerprint density at radius 3 is 2.38 bits per heavy atom. The summed E-state index contributed by atoms with van der Waals surface area (Å²) in [5.74, 6) is 0.739. The molecule has 8 nitrogen and oxygen atoms in total. The Kier molecular flexibility index (Phi) is 12.0. The van der Waals surface area contributed by atoms with Gasteiger partial charge in [0.2, 0.25) is 0 Å². The average Bonchev–Trinajstić information content (AvgIpc) is 2.47. The van der Waals surface area contributed by atoms with Crippen LogP contribution in [0.2, 0.25) is 0 Å². The van der Waals surface area contributed by atoms with Crippen LogP contribution in [0, 0.1) is 0 Å². The summed E-state index contributed by atoms with van der Waals surface area (Å²) in [6.45, 7) is 12.5. The Bertz CT molecular complexity index is 369. The van der Waals surface area contributed by atoms with E-state index in [1.54, 1.807) is 7.11 Å². The first-order valence-electron chi connectivity index (χ1n) is 8.45. The molecule has 24 heavy (non-hydrogen) atoms. The third kappa shape index (κ3) is 14.1. The molecule has 0 radical (unpaired) electrons. The molecule has 0 saturated heterocycles. The smallest absolute Gasteiger partial charge is 0.407 e. The summed E-state index contributed by atoms with van der Waals surface area (Å²) in [6, 6.07) is 0. The number of alkyl carbamates (subject to hydrolysis) is 1. The van der Waals surface area contributed by atoms with Crippen molar-refractivity contribution in [3.05, 3.63) is 0 Å². The molecule has 0 atom stereocenters. The van der Waals surface area contributed by atoms with Crippen molar-refractivity contribution in [3.8, 4) is 0 Å². The van der Waals surface area contributed by atoms with Gasteiger partial charge in [0.1, 0.15) is 5.60 Å². The number of likely N-dealkylation sites (N-methyl/N-ethyl adjacent to an activating group) is 1. The van der Waals surface area contributed by atoms with E-state index in [0.717, 1.165) is 32.2 Å². The van der Waals surface area contributed by atoms with Gasteiger partial charge in [-0.15, -0.1) is 0 Å². The first-order valence-corrected chi connectivity index (χ1v) is 8.45. The molecule has 1 amide bonds. The van der Waals surface area contributed by atoms with Crippen molar-refractivity contribution in [2.24, 2.45) is 4.99 Å². The lowest BCUT2D eigenvalue weighted by molar-refractivity contribution is 0.0529. The van der Waals surface area contributed by atoms with E-state index in [-0.39, 0.29) is 0 Å². The van der Waals surface area contributed by atoms with Crippen LogP contribution in [-0.4, -0.2) is 82.6 Å². The van der Waals surface area contributed by atoms with Gasteiger partial charge in [-0.25, -0.2) is 4.79 Å².